The van der Waals surface area contributed by atoms with Crippen LogP contribution in [-0.2, 0) is 14.3 Å². The van der Waals surface area contributed by atoms with Crippen molar-refractivity contribution in [1.82, 2.24) is 0 Å². The molecule has 1 aliphatic rings. The van der Waals surface area contributed by atoms with E-state index in [0.29, 0.717) is 11.3 Å². The molecule has 5 nitrogen and oxygen atoms in total. The summed E-state index contributed by atoms with van der Waals surface area (Å²) in [7, 11) is 1.56. The molecule has 0 radical (unpaired) electrons. The van der Waals surface area contributed by atoms with E-state index in [9.17, 15) is 14.7 Å². The Balaban J connectivity index is 2.27. The van der Waals surface area contributed by atoms with Crippen LogP contribution in [0.3, 0.4) is 0 Å². The first kappa shape index (κ1) is 14.5. The molecule has 0 spiro atoms. The zero-order chi connectivity index (χ0) is 14.9. The molecule has 2 rings (SSSR count). The predicted molar refractivity (Wildman–Crippen MR) is 74.9 cm³/mol. The number of hydrogen-bond donors (Lipinski definition) is 1. The first-order chi connectivity index (χ1) is 9.35. The number of carboxylic acids is 1. The van der Waals surface area contributed by atoms with Gasteiger partial charge in [-0.2, -0.15) is 0 Å². The number of carbonyl (C=O) groups is 2. The molecular weight excluding hydrogens is 258 g/mol. The second kappa shape index (κ2) is 5.25. The smallest absolute Gasteiger partial charge is 0.312 e. The highest BCUT2D eigenvalue weighted by Crippen LogP contribution is 2.37. The number of amides is 1. The number of carboxylic acid groups (broad SMARTS) is 1. The van der Waals surface area contributed by atoms with Crippen LogP contribution < -0.4 is 4.90 Å². The maximum atomic E-state index is 12.4. The molecule has 1 aromatic rings. The molecule has 1 aliphatic heterocycles. The number of anilines is 1. The third-order valence-electron chi connectivity index (χ3n) is 3.70. The number of aliphatic carboxylic acids is 1. The Labute approximate surface area is 118 Å². The van der Waals surface area contributed by atoms with Crippen LogP contribution in [0.4, 0.5) is 5.69 Å². The highest BCUT2D eigenvalue weighted by Gasteiger charge is 2.37. The minimum absolute atomic E-state index is 0.118. The van der Waals surface area contributed by atoms with Crippen molar-refractivity contribution in [3.63, 3.8) is 0 Å². The molecule has 1 amide bonds. The Hall–Kier alpha value is -1.88. The normalized spacial score (nSPS) is 17.9. The van der Waals surface area contributed by atoms with Crippen molar-refractivity contribution in [3.05, 3.63) is 29.8 Å². The quantitative estimate of drug-likeness (QED) is 0.914. The van der Waals surface area contributed by atoms with Crippen molar-refractivity contribution in [2.75, 3.05) is 18.6 Å². The van der Waals surface area contributed by atoms with Gasteiger partial charge in [0.25, 0.3) is 0 Å². The lowest BCUT2D eigenvalue weighted by molar-refractivity contribution is -0.138. The van der Waals surface area contributed by atoms with E-state index in [2.05, 4.69) is 0 Å². The summed E-state index contributed by atoms with van der Waals surface area (Å²) in [5, 5.41) is 9.28. The molecule has 1 atom stereocenters. The molecule has 20 heavy (non-hydrogen) atoms. The van der Waals surface area contributed by atoms with Crippen molar-refractivity contribution in [2.24, 2.45) is 0 Å². The Morgan fingerprint density at radius 2 is 2.05 bits per heavy atom. The summed E-state index contributed by atoms with van der Waals surface area (Å²) >= 11 is 0. The van der Waals surface area contributed by atoms with Crippen molar-refractivity contribution in [1.29, 1.82) is 0 Å². The van der Waals surface area contributed by atoms with E-state index in [1.807, 2.05) is 19.9 Å². The Kier molecular flexibility index (Phi) is 3.81. The van der Waals surface area contributed by atoms with Crippen LogP contribution in [0.15, 0.2) is 24.3 Å². The molecule has 0 saturated heterocycles. The lowest BCUT2D eigenvalue weighted by Gasteiger charge is -2.26. The van der Waals surface area contributed by atoms with Crippen molar-refractivity contribution < 1.29 is 19.4 Å². The minimum atomic E-state index is -0.904. The van der Waals surface area contributed by atoms with Gasteiger partial charge in [0.05, 0.1) is 12.0 Å². The van der Waals surface area contributed by atoms with Crippen LogP contribution in [0.25, 0.3) is 0 Å². The van der Waals surface area contributed by atoms with Gasteiger partial charge in [0.2, 0.25) is 5.91 Å². The Morgan fingerprint density at radius 1 is 1.40 bits per heavy atom. The fraction of sp³-hybridized carbons (Fsp3) is 0.467. The van der Waals surface area contributed by atoms with E-state index in [4.69, 9.17) is 4.74 Å². The van der Waals surface area contributed by atoms with E-state index in [1.54, 1.807) is 30.2 Å². The molecule has 0 aromatic heterocycles. The highest BCUT2D eigenvalue weighted by molar-refractivity contribution is 5.99. The number of nitrogens with zero attached hydrogens (tertiary/aromatic N) is 1. The average molecular weight is 277 g/mol. The molecule has 1 aromatic carbocycles. The average Bonchev–Trinajstić information content (AvgIpc) is 2.78. The van der Waals surface area contributed by atoms with Gasteiger partial charge in [0, 0.05) is 19.3 Å². The maximum absolute atomic E-state index is 12.4. The fourth-order valence-electron chi connectivity index (χ4n) is 2.39. The molecule has 0 aliphatic carbocycles. The number of hydrogen-bond acceptors (Lipinski definition) is 3. The molecule has 0 bridgehead atoms. The molecule has 108 valence electrons. The lowest BCUT2D eigenvalue weighted by Crippen LogP contribution is -2.37. The molecule has 1 unspecified atom stereocenters. The number of carbonyl (C=O) groups excluding carboxylic acids is 1. The van der Waals surface area contributed by atoms with E-state index < -0.39 is 17.5 Å². The van der Waals surface area contributed by atoms with Crippen LogP contribution in [0.1, 0.15) is 31.7 Å². The molecule has 1 N–H and O–H groups in total. The summed E-state index contributed by atoms with van der Waals surface area (Å²) < 4.78 is 5.27. The lowest BCUT2D eigenvalue weighted by atomic mass is 10.0. The molecule has 1 heterocycles. The third kappa shape index (κ3) is 2.67. The summed E-state index contributed by atoms with van der Waals surface area (Å²) in [6.07, 6.45) is 0.212. The number of methoxy groups -OCH3 is 1. The van der Waals surface area contributed by atoms with E-state index in [0.717, 1.165) is 0 Å². The number of fused-ring (bicyclic) bond motifs is 1. The van der Waals surface area contributed by atoms with E-state index in [1.165, 1.54) is 0 Å². The van der Waals surface area contributed by atoms with Gasteiger partial charge in [-0.05, 0) is 25.5 Å². The second-order valence-electron chi connectivity index (χ2n) is 5.59. The molecule has 5 heteroatoms. The first-order valence-electron chi connectivity index (χ1n) is 6.53. The summed E-state index contributed by atoms with van der Waals surface area (Å²) in [5.74, 6) is -1.67. The largest absolute Gasteiger partial charge is 0.481 e. The van der Waals surface area contributed by atoms with Crippen molar-refractivity contribution in [2.45, 2.75) is 31.8 Å². The van der Waals surface area contributed by atoms with Crippen LogP contribution >= 0.6 is 0 Å². The summed E-state index contributed by atoms with van der Waals surface area (Å²) in [4.78, 5) is 25.3. The number of ether oxygens (including phenoxy) is 1. The van der Waals surface area contributed by atoms with Gasteiger partial charge in [-0.15, -0.1) is 0 Å². The molecule has 0 saturated carbocycles. The standard InChI is InChI=1S/C15H19NO4/c1-15(2,20-3)8-13(17)16-9-11(14(18)19)10-6-4-5-7-12(10)16/h4-7,11H,8-9H2,1-3H3,(H,18,19). The van der Waals surface area contributed by atoms with Crippen molar-refractivity contribution in [3.8, 4) is 0 Å². The van der Waals surface area contributed by atoms with E-state index >= 15 is 0 Å². The maximum Gasteiger partial charge on any atom is 0.312 e. The monoisotopic (exact) mass is 277 g/mol. The fourth-order valence-corrected chi connectivity index (χ4v) is 2.39. The molecular formula is C15H19NO4. The predicted octanol–water partition coefficient (Wildman–Crippen LogP) is 2.02. The van der Waals surface area contributed by atoms with Gasteiger partial charge in [-0.25, -0.2) is 0 Å². The number of para-hydroxylation sites is 1. The second-order valence-corrected chi connectivity index (χ2v) is 5.59. The van der Waals surface area contributed by atoms with Gasteiger partial charge >= 0.3 is 5.97 Å². The highest BCUT2D eigenvalue weighted by atomic mass is 16.5. The summed E-state index contributed by atoms with van der Waals surface area (Å²) in [6, 6.07) is 7.16. The van der Waals surface area contributed by atoms with Crippen LogP contribution in [0, 0.1) is 0 Å². The minimum Gasteiger partial charge on any atom is -0.481 e. The third-order valence-corrected chi connectivity index (χ3v) is 3.70. The van der Waals surface area contributed by atoms with Crippen molar-refractivity contribution >= 4 is 17.6 Å². The first-order valence-corrected chi connectivity index (χ1v) is 6.53. The van der Waals surface area contributed by atoms with Crippen LogP contribution in [0.2, 0.25) is 0 Å². The van der Waals surface area contributed by atoms with Crippen LogP contribution in [0.5, 0.6) is 0 Å². The molecule has 0 fully saturated rings. The van der Waals surface area contributed by atoms with Gasteiger partial charge < -0.3 is 14.7 Å². The van der Waals surface area contributed by atoms with E-state index in [-0.39, 0.29) is 18.9 Å². The van der Waals surface area contributed by atoms with Gasteiger partial charge in [-0.1, -0.05) is 18.2 Å². The van der Waals surface area contributed by atoms with Gasteiger partial charge in [0.1, 0.15) is 5.92 Å². The number of benzene rings is 1. The summed E-state index contributed by atoms with van der Waals surface area (Å²) in [6.45, 7) is 3.86. The Bertz CT molecular complexity index is 538. The topological polar surface area (TPSA) is 66.8 Å². The Morgan fingerprint density at radius 3 is 2.65 bits per heavy atom. The zero-order valence-corrected chi connectivity index (χ0v) is 11.9. The summed E-state index contributed by atoms with van der Waals surface area (Å²) in [5.41, 5.74) is 0.827. The SMILES string of the molecule is COC(C)(C)CC(=O)N1CC(C(=O)O)c2ccccc21. The zero-order valence-electron chi connectivity index (χ0n) is 11.9. The van der Waals surface area contributed by atoms with Crippen LogP contribution in [-0.4, -0.2) is 36.2 Å². The van der Waals surface area contributed by atoms with Gasteiger partial charge in [-0.3, -0.25) is 9.59 Å². The van der Waals surface area contributed by atoms with Gasteiger partial charge in [0.15, 0.2) is 0 Å². The number of rotatable bonds is 4.